The highest BCUT2D eigenvalue weighted by Gasteiger charge is 2.44. The quantitative estimate of drug-likeness (QED) is 0.743. The van der Waals surface area contributed by atoms with Gasteiger partial charge in [-0.25, -0.2) is 0 Å². The summed E-state index contributed by atoms with van der Waals surface area (Å²) in [6.45, 7) is 0.654. The van der Waals surface area contributed by atoms with Crippen LogP contribution in [0.3, 0.4) is 0 Å². The number of piperidine rings is 1. The van der Waals surface area contributed by atoms with Gasteiger partial charge >= 0.3 is 0 Å². The highest BCUT2D eigenvalue weighted by molar-refractivity contribution is 5.82. The summed E-state index contributed by atoms with van der Waals surface area (Å²) in [4.78, 5) is 24.7. The summed E-state index contributed by atoms with van der Waals surface area (Å²) in [5.41, 5.74) is 1.73. The first kappa shape index (κ1) is 10.5. The molecule has 0 radical (unpaired) electrons. The Morgan fingerprint density at radius 2 is 2.24 bits per heavy atom. The van der Waals surface area contributed by atoms with E-state index in [2.05, 4.69) is 0 Å². The van der Waals surface area contributed by atoms with Gasteiger partial charge in [-0.15, -0.1) is 0 Å². The molecule has 88 valence electrons. The monoisotopic (exact) mass is 229 g/mol. The summed E-state index contributed by atoms with van der Waals surface area (Å²) in [5, 5.41) is 0. The molecule has 2 bridgehead atoms. The maximum absolute atomic E-state index is 12.0. The van der Waals surface area contributed by atoms with Crippen molar-refractivity contribution < 1.29 is 9.59 Å². The minimum Gasteiger partial charge on any atom is -0.335 e. The number of carbonyl (C=O) groups excluding carboxylic acids is 2. The van der Waals surface area contributed by atoms with Gasteiger partial charge in [0.05, 0.1) is 0 Å². The van der Waals surface area contributed by atoms with Crippen LogP contribution in [0.25, 0.3) is 0 Å². The van der Waals surface area contributed by atoms with Crippen LogP contribution in [0.4, 0.5) is 0 Å². The third kappa shape index (κ3) is 1.75. The molecule has 3 rings (SSSR count). The Kier molecular flexibility index (Phi) is 2.46. The molecule has 2 atom stereocenters. The van der Waals surface area contributed by atoms with Crippen molar-refractivity contribution in [2.45, 2.75) is 31.8 Å². The molecule has 1 heterocycles. The number of likely N-dealkylation sites (tertiary alicyclic amines) is 1. The molecule has 2 fully saturated rings. The fraction of sp³-hybridized carbons (Fsp3) is 0.429. The van der Waals surface area contributed by atoms with Gasteiger partial charge in [0.2, 0.25) is 5.91 Å². The average molecular weight is 229 g/mol. The lowest BCUT2D eigenvalue weighted by Crippen LogP contribution is -2.36. The maximum Gasteiger partial charge on any atom is 0.226 e. The van der Waals surface area contributed by atoms with Crippen LogP contribution in [-0.2, 0) is 11.3 Å². The molecule has 3 heteroatoms. The van der Waals surface area contributed by atoms with Crippen molar-refractivity contribution in [3.63, 3.8) is 0 Å². The van der Waals surface area contributed by atoms with Gasteiger partial charge in [-0.3, -0.25) is 9.59 Å². The normalized spacial score (nSPS) is 26.6. The van der Waals surface area contributed by atoms with Crippen LogP contribution in [0.15, 0.2) is 24.3 Å². The summed E-state index contributed by atoms with van der Waals surface area (Å²) in [5.74, 6) is 0.576. The Balaban J connectivity index is 1.78. The fourth-order valence-electron chi connectivity index (χ4n) is 3.05. The molecule has 1 amide bonds. The predicted molar refractivity (Wildman–Crippen MR) is 63.5 cm³/mol. The Morgan fingerprint density at radius 3 is 2.94 bits per heavy atom. The second kappa shape index (κ2) is 3.99. The molecule has 1 aliphatic heterocycles. The van der Waals surface area contributed by atoms with Crippen molar-refractivity contribution in [3.05, 3.63) is 35.4 Å². The van der Waals surface area contributed by atoms with E-state index in [4.69, 9.17) is 0 Å². The number of fused-ring (bicyclic) bond motifs is 2. The van der Waals surface area contributed by atoms with Crippen LogP contribution in [0.2, 0.25) is 0 Å². The van der Waals surface area contributed by atoms with Gasteiger partial charge in [-0.05, 0) is 30.9 Å². The summed E-state index contributed by atoms with van der Waals surface area (Å²) < 4.78 is 0. The molecule has 1 aromatic carbocycles. The first-order valence-electron chi connectivity index (χ1n) is 6.12. The largest absolute Gasteiger partial charge is 0.335 e. The van der Waals surface area contributed by atoms with Gasteiger partial charge < -0.3 is 4.90 Å². The first-order chi connectivity index (χ1) is 8.28. The summed E-state index contributed by atoms with van der Waals surface area (Å²) in [7, 11) is 0. The van der Waals surface area contributed by atoms with E-state index in [1.54, 1.807) is 6.07 Å². The first-order valence-corrected chi connectivity index (χ1v) is 6.12. The third-order valence-electron chi connectivity index (χ3n) is 3.92. The zero-order valence-electron chi connectivity index (χ0n) is 9.63. The SMILES string of the molecule is O=Cc1cccc(CN2C(=O)C3CCC2C3)c1. The van der Waals surface area contributed by atoms with Gasteiger partial charge in [0.25, 0.3) is 0 Å². The van der Waals surface area contributed by atoms with Gasteiger partial charge in [0, 0.05) is 24.1 Å². The molecular weight excluding hydrogens is 214 g/mol. The second-order valence-corrected chi connectivity index (χ2v) is 4.99. The number of hydrogen-bond acceptors (Lipinski definition) is 2. The number of nitrogens with zero attached hydrogens (tertiary/aromatic N) is 1. The summed E-state index contributed by atoms with van der Waals surface area (Å²) >= 11 is 0. The van der Waals surface area contributed by atoms with E-state index in [1.807, 2.05) is 23.1 Å². The van der Waals surface area contributed by atoms with E-state index in [1.165, 1.54) is 0 Å². The molecule has 0 spiro atoms. The molecule has 1 saturated carbocycles. The van der Waals surface area contributed by atoms with E-state index in [9.17, 15) is 9.59 Å². The molecule has 1 aliphatic carbocycles. The zero-order valence-corrected chi connectivity index (χ0v) is 9.63. The van der Waals surface area contributed by atoms with Crippen molar-refractivity contribution in [1.82, 2.24) is 4.90 Å². The van der Waals surface area contributed by atoms with E-state index in [0.717, 1.165) is 31.1 Å². The van der Waals surface area contributed by atoms with Gasteiger partial charge in [0.1, 0.15) is 6.29 Å². The van der Waals surface area contributed by atoms with Crippen molar-refractivity contribution in [2.24, 2.45) is 5.92 Å². The van der Waals surface area contributed by atoms with E-state index in [0.29, 0.717) is 24.1 Å². The highest BCUT2D eigenvalue weighted by Crippen LogP contribution is 2.39. The van der Waals surface area contributed by atoms with Gasteiger partial charge in [0.15, 0.2) is 0 Å². The Hall–Kier alpha value is -1.64. The van der Waals surface area contributed by atoms with Crippen LogP contribution in [0.5, 0.6) is 0 Å². The number of carbonyl (C=O) groups is 2. The lowest BCUT2D eigenvalue weighted by Gasteiger charge is -2.27. The van der Waals surface area contributed by atoms with Gasteiger partial charge in [-0.2, -0.15) is 0 Å². The van der Waals surface area contributed by atoms with Gasteiger partial charge in [-0.1, -0.05) is 18.2 Å². The van der Waals surface area contributed by atoms with E-state index in [-0.39, 0.29) is 5.92 Å². The molecule has 3 nitrogen and oxygen atoms in total. The zero-order chi connectivity index (χ0) is 11.8. The summed E-state index contributed by atoms with van der Waals surface area (Å²) in [6.07, 6.45) is 4.09. The maximum atomic E-state index is 12.0. The number of rotatable bonds is 3. The van der Waals surface area contributed by atoms with E-state index >= 15 is 0 Å². The highest BCUT2D eigenvalue weighted by atomic mass is 16.2. The van der Waals surface area contributed by atoms with Crippen LogP contribution in [0.1, 0.15) is 35.2 Å². The average Bonchev–Trinajstić information content (AvgIpc) is 2.93. The van der Waals surface area contributed by atoms with Crippen molar-refractivity contribution in [2.75, 3.05) is 0 Å². The molecule has 1 saturated heterocycles. The predicted octanol–water partition coefficient (Wildman–Crippen LogP) is 2.01. The van der Waals surface area contributed by atoms with Crippen LogP contribution >= 0.6 is 0 Å². The minimum absolute atomic E-state index is 0.272. The Labute approximate surface area is 100 Å². The molecule has 17 heavy (non-hydrogen) atoms. The molecule has 0 N–H and O–H groups in total. The van der Waals surface area contributed by atoms with Crippen molar-refractivity contribution in [3.8, 4) is 0 Å². The third-order valence-corrected chi connectivity index (χ3v) is 3.92. The number of amides is 1. The molecule has 1 aromatic rings. The lowest BCUT2D eigenvalue weighted by molar-refractivity contribution is -0.134. The molecule has 0 aromatic heterocycles. The number of aldehydes is 1. The Morgan fingerprint density at radius 1 is 1.35 bits per heavy atom. The lowest BCUT2D eigenvalue weighted by atomic mass is 10.1. The van der Waals surface area contributed by atoms with Crippen LogP contribution < -0.4 is 0 Å². The standard InChI is InChI=1S/C14H15NO2/c16-9-11-3-1-2-10(6-11)8-15-13-5-4-12(7-13)14(15)17/h1-3,6,9,12-13H,4-5,7-8H2. The topological polar surface area (TPSA) is 37.4 Å². The molecule has 2 aliphatic rings. The van der Waals surface area contributed by atoms with Crippen LogP contribution in [0, 0.1) is 5.92 Å². The second-order valence-electron chi connectivity index (χ2n) is 4.99. The van der Waals surface area contributed by atoms with Crippen molar-refractivity contribution >= 4 is 12.2 Å². The summed E-state index contributed by atoms with van der Waals surface area (Å²) in [6, 6.07) is 7.94. The van der Waals surface area contributed by atoms with Crippen LogP contribution in [-0.4, -0.2) is 23.1 Å². The smallest absolute Gasteiger partial charge is 0.226 e. The molecule has 2 unspecified atom stereocenters. The number of hydrogen-bond donors (Lipinski definition) is 0. The molecular formula is C14H15NO2. The fourth-order valence-corrected chi connectivity index (χ4v) is 3.05. The Bertz CT molecular complexity index is 469. The number of benzene rings is 1. The van der Waals surface area contributed by atoms with Crippen molar-refractivity contribution in [1.29, 1.82) is 0 Å². The minimum atomic E-state index is 0.272. The van der Waals surface area contributed by atoms with E-state index < -0.39 is 0 Å².